The summed E-state index contributed by atoms with van der Waals surface area (Å²) in [6, 6.07) is 14.5. The number of hydrogen-bond donors (Lipinski definition) is 4. The molecule has 4 N–H and O–H groups in total. The molecule has 0 amide bonds. The number of carboxylic acid groups (broad SMARTS) is 1. The van der Waals surface area contributed by atoms with Crippen molar-refractivity contribution < 1.29 is 15.0 Å². The van der Waals surface area contributed by atoms with Crippen LogP contribution in [0.3, 0.4) is 0 Å². The third kappa shape index (κ3) is 6.59. The molecule has 6 nitrogen and oxygen atoms in total. The zero-order valence-electron chi connectivity index (χ0n) is 17.1. The average Bonchev–Trinajstić information content (AvgIpc) is 2.74. The van der Waals surface area contributed by atoms with Crippen LogP contribution in [0.4, 0.5) is 5.69 Å². The molecule has 0 saturated carbocycles. The zero-order chi connectivity index (χ0) is 21.6. The summed E-state index contributed by atoms with van der Waals surface area (Å²) in [5.74, 6) is -1.05. The van der Waals surface area contributed by atoms with Crippen LogP contribution < -0.4 is 10.6 Å². The molecule has 1 aliphatic rings. The second-order valence-electron chi connectivity index (χ2n) is 7.78. The average molecular weight is 464 g/mol. The Morgan fingerprint density at radius 1 is 1.23 bits per heavy atom. The molecule has 1 saturated heterocycles. The molecule has 0 radical (unpaired) electrons. The lowest BCUT2D eigenvalue weighted by atomic mass is 9.77. The molecule has 1 aliphatic heterocycles. The van der Waals surface area contributed by atoms with Gasteiger partial charge >= 0.3 is 5.97 Å². The van der Waals surface area contributed by atoms with Gasteiger partial charge in [-0.3, -0.25) is 0 Å². The van der Waals surface area contributed by atoms with E-state index in [1.54, 1.807) is 12.1 Å². The summed E-state index contributed by atoms with van der Waals surface area (Å²) >= 11 is 6.08. The standard InChI is InChI=1S/C23H26ClN3O3.ClH/c24-21-13-19(7-8-20(21)22(28)29)27-15-18(23(30)9-11-26-12-10-23)6-5-16-1-3-17(14-25)4-2-16;/h1-4,7-8,13,18,26-27,30H,5-6,9-12,15H2,(H,28,29);1H. The Kier molecular flexibility index (Phi) is 9.15. The summed E-state index contributed by atoms with van der Waals surface area (Å²) in [5.41, 5.74) is 1.79. The third-order valence-electron chi connectivity index (χ3n) is 5.85. The Bertz CT molecular complexity index is 923. The molecule has 0 aliphatic carbocycles. The SMILES string of the molecule is Cl.N#Cc1ccc(CCC(CNc2ccc(C(=O)O)c(Cl)c2)C2(O)CCNCC2)cc1. The number of anilines is 1. The van der Waals surface area contributed by atoms with Crippen LogP contribution in [0.5, 0.6) is 0 Å². The monoisotopic (exact) mass is 463 g/mol. The molecule has 1 unspecified atom stereocenters. The van der Waals surface area contributed by atoms with Gasteiger partial charge in [-0.25, -0.2) is 4.79 Å². The fourth-order valence-corrected chi connectivity index (χ4v) is 4.22. The van der Waals surface area contributed by atoms with E-state index in [1.807, 2.05) is 24.3 Å². The molecule has 2 aromatic rings. The number of benzene rings is 2. The van der Waals surface area contributed by atoms with Crippen LogP contribution >= 0.6 is 24.0 Å². The van der Waals surface area contributed by atoms with Crippen LogP contribution in [0.25, 0.3) is 0 Å². The summed E-state index contributed by atoms with van der Waals surface area (Å²) in [6.07, 6.45) is 2.96. The van der Waals surface area contributed by atoms with Gasteiger partial charge in [-0.15, -0.1) is 12.4 Å². The summed E-state index contributed by atoms with van der Waals surface area (Å²) in [7, 11) is 0. The molecule has 8 heteroatoms. The predicted octanol–water partition coefficient (Wildman–Crippen LogP) is 4.11. The van der Waals surface area contributed by atoms with E-state index in [9.17, 15) is 9.90 Å². The van der Waals surface area contributed by atoms with Gasteiger partial charge in [0.1, 0.15) is 0 Å². The summed E-state index contributed by atoms with van der Waals surface area (Å²) in [6.45, 7) is 2.11. The van der Waals surface area contributed by atoms with Crippen molar-refractivity contribution in [3.05, 3.63) is 64.2 Å². The number of rotatable bonds is 8. The van der Waals surface area contributed by atoms with E-state index in [0.717, 1.165) is 37.2 Å². The van der Waals surface area contributed by atoms with Crippen LogP contribution in [-0.2, 0) is 6.42 Å². The van der Waals surface area contributed by atoms with Crippen molar-refractivity contribution >= 4 is 35.7 Å². The van der Waals surface area contributed by atoms with E-state index in [1.165, 1.54) is 6.07 Å². The zero-order valence-corrected chi connectivity index (χ0v) is 18.7. The number of nitriles is 1. The minimum absolute atomic E-state index is 0. The van der Waals surface area contributed by atoms with Crippen LogP contribution in [0.2, 0.25) is 5.02 Å². The number of nitrogens with one attached hydrogen (secondary N) is 2. The van der Waals surface area contributed by atoms with Crippen molar-refractivity contribution in [2.45, 2.75) is 31.3 Å². The molecule has 31 heavy (non-hydrogen) atoms. The lowest BCUT2D eigenvalue weighted by molar-refractivity contribution is -0.0418. The van der Waals surface area contributed by atoms with Crippen molar-refractivity contribution in [2.75, 3.05) is 25.0 Å². The van der Waals surface area contributed by atoms with Crippen LogP contribution in [-0.4, -0.2) is 41.4 Å². The first-order valence-electron chi connectivity index (χ1n) is 10.1. The molecule has 0 aromatic heterocycles. The van der Waals surface area contributed by atoms with E-state index >= 15 is 0 Å². The fraction of sp³-hybridized carbons (Fsp3) is 0.391. The van der Waals surface area contributed by atoms with Gasteiger partial charge in [0, 0.05) is 18.2 Å². The highest BCUT2D eigenvalue weighted by Gasteiger charge is 2.37. The Morgan fingerprint density at radius 2 is 1.90 bits per heavy atom. The second kappa shape index (κ2) is 11.4. The topological polar surface area (TPSA) is 105 Å². The minimum Gasteiger partial charge on any atom is -0.478 e. The molecule has 166 valence electrons. The normalized spacial score (nSPS) is 15.9. The maximum Gasteiger partial charge on any atom is 0.337 e. The highest BCUT2D eigenvalue weighted by atomic mass is 35.5. The summed E-state index contributed by atoms with van der Waals surface area (Å²) in [4.78, 5) is 11.1. The van der Waals surface area contributed by atoms with Gasteiger partial charge < -0.3 is 20.8 Å². The first-order valence-corrected chi connectivity index (χ1v) is 10.5. The van der Waals surface area contributed by atoms with Gasteiger partial charge in [-0.2, -0.15) is 5.26 Å². The van der Waals surface area contributed by atoms with Crippen molar-refractivity contribution in [1.29, 1.82) is 5.26 Å². The molecular weight excluding hydrogens is 437 g/mol. The summed E-state index contributed by atoms with van der Waals surface area (Å²) < 4.78 is 0. The number of halogens is 2. The number of aliphatic hydroxyl groups is 1. The molecule has 1 fully saturated rings. The molecule has 1 atom stereocenters. The molecule has 0 spiro atoms. The van der Waals surface area contributed by atoms with E-state index in [-0.39, 0.29) is 28.9 Å². The van der Waals surface area contributed by atoms with Crippen molar-refractivity contribution in [3.63, 3.8) is 0 Å². The van der Waals surface area contributed by atoms with Crippen molar-refractivity contribution in [2.24, 2.45) is 5.92 Å². The Balaban J connectivity index is 0.00000341. The highest BCUT2D eigenvalue weighted by Crippen LogP contribution is 2.32. The van der Waals surface area contributed by atoms with Gasteiger partial charge in [-0.1, -0.05) is 23.7 Å². The van der Waals surface area contributed by atoms with Crippen LogP contribution in [0, 0.1) is 17.2 Å². The summed E-state index contributed by atoms with van der Waals surface area (Å²) in [5, 5.41) is 36.2. The van der Waals surface area contributed by atoms with Crippen molar-refractivity contribution in [1.82, 2.24) is 5.32 Å². The number of aromatic carboxylic acids is 1. The quantitative estimate of drug-likeness (QED) is 0.469. The lowest BCUT2D eigenvalue weighted by Crippen LogP contribution is -2.49. The van der Waals surface area contributed by atoms with E-state index in [4.69, 9.17) is 22.0 Å². The number of piperidine rings is 1. The van der Waals surface area contributed by atoms with Crippen LogP contribution in [0.15, 0.2) is 42.5 Å². The minimum atomic E-state index is -1.06. The number of aryl methyl sites for hydroxylation is 1. The molecule has 3 rings (SSSR count). The number of nitrogens with zero attached hydrogens (tertiary/aromatic N) is 1. The maximum atomic E-state index is 11.3. The molecule has 1 heterocycles. The fourth-order valence-electron chi connectivity index (χ4n) is 3.96. The van der Waals surface area contributed by atoms with E-state index < -0.39 is 11.6 Å². The van der Waals surface area contributed by atoms with Gasteiger partial charge in [-0.05, 0) is 74.7 Å². The van der Waals surface area contributed by atoms with Gasteiger partial charge in [0.2, 0.25) is 0 Å². The van der Waals surface area contributed by atoms with E-state index in [2.05, 4.69) is 16.7 Å². The largest absolute Gasteiger partial charge is 0.478 e. The maximum absolute atomic E-state index is 11.3. The number of carboxylic acids is 1. The number of carbonyl (C=O) groups is 1. The van der Waals surface area contributed by atoms with Gasteiger partial charge in [0.05, 0.1) is 27.8 Å². The Hall–Kier alpha value is -2.30. The Morgan fingerprint density at radius 3 is 2.48 bits per heavy atom. The number of hydrogen-bond acceptors (Lipinski definition) is 5. The molecule has 2 aromatic carbocycles. The molecular formula is C23H27Cl2N3O3. The first kappa shape index (κ1) is 25.0. The van der Waals surface area contributed by atoms with Crippen molar-refractivity contribution in [3.8, 4) is 6.07 Å². The first-order chi connectivity index (χ1) is 14.4. The van der Waals surface area contributed by atoms with Gasteiger partial charge in [0.25, 0.3) is 0 Å². The predicted molar refractivity (Wildman–Crippen MR) is 124 cm³/mol. The van der Waals surface area contributed by atoms with E-state index in [0.29, 0.717) is 24.9 Å². The third-order valence-corrected chi connectivity index (χ3v) is 6.16. The molecule has 0 bridgehead atoms. The Labute approximate surface area is 193 Å². The lowest BCUT2D eigenvalue weighted by Gasteiger charge is -2.40. The van der Waals surface area contributed by atoms with Crippen LogP contribution in [0.1, 0.15) is 40.7 Å². The van der Waals surface area contributed by atoms with Gasteiger partial charge in [0.15, 0.2) is 0 Å². The second-order valence-corrected chi connectivity index (χ2v) is 8.19. The highest BCUT2D eigenvalue weighted by molar-refractivity contribution is 6.33. The smallest absolute Gasteiger partial charge is 0.337 e.